The van der Waals surface area contributed by atoms with E-state index in [0.29, 0.717) is 10.3 Å². The second kappa shape index (κ2) is 5.53. The van der Waals surface area contributed by atoms with Gasteiger partial charge in [0.2, 0.25) is 10.0 Å². The summed E-state index contributed by atoms with van der Waals surface area (Å²) >= 11 is 8.93. The van der Waals surface area contributed by atoms with E-state index in [1.165, 1.54) is 23.3 Å². The third-order valence-electron chi connectivity index (χ3n) is 2.13. The Morgan fingerprint density at radius 1 is 1.47 bits per heavy atom. The lowest BCUT2D eigenvalue weighted by Gasteiger charge is -2.06. The molecular weight excluding hydrogens is 358 g/mol. The normalized spacial score (nSPS) is 11.7. The van der Waals surface area contributed by atoms with Crippen molar-refractivity contribution in [3.8, 4) is 0 Å². The molecule has 0 amide bonds. The van der Waals surface area contributed by atoms with Gasteiger partial charge in [-0.3, -0.25) is 4.68 Å². The number of hydrogen-bond donors (Lipinski definition) is 1. The largest absolute Gasteiger partial charge is 0.256 e. The number of aromatic nitrogens is 4. The first-order valence-electron chi connectivity index (χ1n) is 5.04. The molecule has 0 aliphatic rings. The maximum atomic E-state index is 12.1. The average molecular weight is 367 g/mol. The van der Waals surface area contributed by atoms with Crippen LogP contribution in [0.25, 0.3) is 0 Å². The van der Waals surface area contributed by atoms with Crippen LogP contribution in [0, 0.1) is 0 Å². The molecule has 0 fully saturated rings. The fourth-order valence-corrected chi connectivity index (χ4v) is 3.22. The van der Waals surface area contributed by atoms with Gasteiger partial charge in [-0.2, -0.15) is 5.10 Å². The van der Waals surface area contributed by atoms with Crippen molar-refractivity contribution in [2.75, 3.05) is 0 Å². The molecule has 10 heteroatoms. The second-order valence-electron chi connectivity index (χ2n) is 3.60. The van der Waals surface area contributed by atoms with Crippen molar-refractivity contribution in [3.05, 3.63) is 34.0 Å². The molecule has 2 aromatic rings. The average Bonchev–Trinajstić information content (AvgIpc) is 2.76. The van der Waals surface area contributed by atoms with Crippen molar-refractivity contribution in [2.45, 2.75) is 11.4 Å². The van der Waals surface area contributed by atoms with E-state index in [1.807, 2.05) is 0 Å². The molecule has 0 atom stereocenters. The lowest BCUT2D eigenvalue weighted by atomic mass is 10.5. The molecule has 1 N–H and O–H groups in total. The van der Waals surface area contributed by atoms with E-state index in [1.54, 1.807) is 7.05 Å². The summed E-state index contributed by atoms with van der Waals surface area (Å²) in [6.45, 7) is -0.0218. The molecule has 7 nitrogen and oxygen atoms in total. The van der Waals surface area contributed by atoms with Crippen LogP contribution in [0.1, 0.15) is 5.82 Å². The molecule has 0 saturated heterocycles. The van der Waals surface area contributed by atoms with Crippen molar-refractivity contribution in [2.24, 2.45) is 7.05 Å². The lowest BCUT2D eigenvalue weighted by molar-refractivity contribution is 0.578. The predicted octanol–water partition coefficient (Wildman–Crippen LogP) is 1.10. The first kappa shape index (κ1) is 14.4. The Hall–Kier alpha value is -1.03. The highest BCUT2D eigenvalue weighted by Crippen LogP contribution is 2.22. The lowest BCUT2D eigenvalue weighted by Crippen LogP contribution is -2.24. The van der Waals surface area contributed by atoms with Crippen molar-refractivity contribution in [1.82, 2.24) is 24.5 Å². The van der Waals surface area contributed by atoms with E-state index in [0.717, 1.165) is 0 Å². The second-order valence-corrected chi connectivity index (χ2v) is 6.61. The van der Waals surface area contributed by atoms with Crippen molar-refractivity contribution < 1.29 is 8.42 Å². The van der Waals surface area contributed by atoms with Crippen LogP contribution in [0.15, 0.2) is 28.0 Å². The van der Waals surface area contributed by atoms with Gasteiger partial charge in [-0.25, -0.2) is 23.1 Å². The topological polar surface area (TPSA) is 89.8 Å². The van der Waals surface area contributed by atoms with Gasteiger partial charge >= 0.3 is 0 Å². The van der Waals surface area contributed by atoms with Crippen LogP contribution in [0.4, 0.5) is 0 Å². The zero-order chi connectivity index (χ0) is 14.0. The predicted molar refractivity (Wildman–Crippen MR) is 72.0 cm³/mol. The van der Waals surface area contributed by atoms with E-state index in [2.05, 4.69) is 35.7 Å². The molecule has 0 radical (unpaired) electrons. The molecule has 0 unspecified atom stereocenters. The molecule has 2 heterocycles. The van der Waals surface area contributed by atoms with Gasteiger partial charge in [-0.1, -0.05) is 11.6 Å². The first-order valence-corrected chi connectivity index (χ1v) is 7.69. The van der Waals surface area contributed by atoms with Gasteiger partial charge in [0.25, 0.3) is 0 Å². The molecule has 0 aliphatic heterocycles. The van der Waals surface area contributed by atoms with Gasteiger partial charge in [0.05, 0.1) is 6.54 Å². The highest BCUT2D eigenvalue weighted by atomic mass is 79.9. The van der Waals surface area contributed by atoms with Gasteiger partial charge in [-0.15, -0.1) is 0 Å². The summed E-state index contributed by atoms with van der Waals surface area (Å²) in [7, 11) is -2.07. The molecule has 2 rings (SSSR count). The monoisotopic (exact) mass is 365 g/mol. The van der Waals surface area contributed by atoms with E-state index in [9.17, 15) is 8.42 Å². The summed E-state index contributed by atoms with van der Waals surface area (Å²) in [6, 6.07) is 1.38. The standard InChI is InChI=1S/C9H9BrClN5O2S/c1-16-5-13-8(15-16)4-14-19(17,18)7-2-6(10)3-12-9(7)11/h2-3,5,14H,4H2,1H3. The van der Waals surface area contributed by atoms with E-state index in [-0.39, 0.29) is 16.6 Å². The highest BCUT2D eigenvalue weighted by molar-refractivity contribution is 9.10. The summed E-state index contributed by atoms with van der Waals surface area (Å²) in [5.74, 6) is 0.366. The molecular formula is C9H9BrClN5O2S. The fraction of sp³-hybridized carbons (Fsp3) is 0.222. The number of rotatable bonds is 4. The SMILES string of the molecule is Cn1cnc(CNS(=O)(=O)c2cc(Br)cnc2Cl)n1. The number of pyridine rings is 1. The minimum Gasteiger partial charge on any atom is -0.256 e. The van der Waals surface area contributed by atoms with E-state index in [4.69, 9.17) is 11.6 Å². The van der Waals surface area contributed by atoms with Crippen molar-refractivity contribution in [3.63, 3.8) is 0 Å². The zero-order valence-corrected chi connectivity index (χ0v) is 12.9. The number of nitrogens with zero attached hydrogens (tertiary/aromatic N) is 4. The molecule has 0 spiro atoms. The van der Waals surface area contributed by atoms with Crippen LogP contribution in [0.3, 0.4) is 0 Å². The Kier molecular flexibility index (Phi) is 4.19. The number of hydrogen-bond acceptors (Lipinski definition) is 5. The minimum atomic E-state index is -3.77. The number of nitrogens with one attached hydrogen (secondary N) is 1. The fourth-order valence-electron chi connectivity index (χ4n) is 1.29. The van der Waals surface area contributed by atoms with Crippen LogP contribution < -0.4 is 4.72 Å². The molecule has 2 aromatic heterocycles. The zero-order valence-electron chi connectivity index (χ0n) is 9.71. The molecule has 0 saturated carbocycles. The molecule has 0 bridgehead atoms. The van der Waals surface area contributed by atoms with Crippen LogP contribution >= 0.6 is 27.5 Å². The maximum absolute atomic E-state index is 12.1. The number of sulfonamides is 1. The quantitative estimate of drug-likeness (QED) is 0.819. The van der Waals surface area contributed by atoms with Crippen LogP contribution in [-0.2, 0) is 23.6 Å². The Morgan fingerprint density at radius 2 is 2.21 bits per heavy atom. The summed E-state index contributed by atoms with van der Waals surface area (Å²) in [4.78, 5) is 7.59. The van der Waals surface area contributed by atoms with Crippen molar-refractivity contribution >= 4 is 37.6 Å². The van der Waals surface area contributed by atoms with E-state index >= 15 is 0 Å². The summed E-state index contributed by atoms with van der Waals surface area (Å²) in [6.07, 6.45) is 2.90. The smallest absolute Gasteiger partial charge is 0.244 e. The molecule has 0 aromatic carbocycles. The number of aryl methyl sites for hydroxylation is 1. The summed E-state index contributed by atoms with van der Waals surface area (Å²) in [5.41, 5.74) is 0. The molecule has 0 aliphatic carbocycles. The van der Waals surface area contributed by atoms with Gasteiger partial charge in [0.15, 0.2) is 5.82 Å². The Bertz CT molecular complexity index is 702. The Morgan fingerprint density at radius 3 is 2.84 bits per heavy atom. The summed E-state index contributed by atoms with van der Waals surface area (Å²) in [5, 5.41) is 3.88. The Balaban J connectivity index is 2.20. The minimum absolute atomic E-state index is 0.0218. The van der Waals surface area contributed by atoms with Gasteiger partial charge in [0, 0.05) is 17.7 Å². The third-order valence-corrected chi connectivity index (χ3v) is 4.39. The van der Waals surface area contributed by atoms with Gasteiger partial charge in [-0.05, 0) is 22.0 Å². The molecule has 102 valence electrons. The third kappa shape index (κ3) is 3.50. The van der Waals surface area contributed by atoms with Gasteiger partial charge in [0.1, 0.15) is 16.4 Å². The van der Waals surface area contributed by atoms with Gasteiger partial charge < -0.3 is 0 Å². The molecule has 19 heavy (non-hydrogen) atoms. The maximum Gasteiger partial charge on any atom is 0.244 e. The van der Waals surface area contributed by atoms with Crippen LogP contribution in [0.2, 0.25) is 5.15 Å². The van der Waals surface area contributed by atoms with Crippen LogP contribution in [0.5, 0.6) is 0 Å². The summed E-state index contributed by atoms with van der Waals surface area (Å²) < 4.78 is 28.5. The highest BCUT2D eigenvalue weighted by Gasteiger charge is 2.19. The van der Waals surface area contributed by atoms with E-state index < -0.39 is 10.0 Å². The first-order chi connectivity index (χ1) is 8.88. The number of halogens is 2. The Labute approximate surface area is 123 Å². The van der Waals surface area contributed by atoms with Crippen LogP contribution in [-0.4, -0.2) is 28.2 Å². The van der Waals surface area contributed by atoms with Crippen molar-refractivity contribution in [1.29, 1.82) is 0 Å².